The summed E-state index contributed by atoms with van der Waals surface area (Å²) in [5.74, 6) is -2.61. The SMILES string of the molecule is C[C@]12C=CC(=O)C=C1CC[C@@H]1[C@@H]2[C@@H](O)C[C@@]2(C)[C@H]1CC[C@]2(O)C(=O)CO.C[C@]12C=CC(=O)C=C1CC[C@@H]1[C@@H]2[C@@H](O)C[C@@]2(C)[C@H]1CC[C@]2(O)C(=O)CO.O=C(O)CCC(=O)O. The van der Waals surface area contributed by atoms with Gasteiger partial charge in [0.1, 0.15) is 24.4 Å². The molecule has 330 valence electrons. The molecular weight excluding hydrogens is 776 g/mol. The van der Waals surface area contributed by atoms with Crippen LogP contribution in [0.1, 0.15) is 105 Å². The Morgan fingerprint density at radius 1 is 0.617 bits per heavy atom. The number of aliphatic hydroxyl groups is 6. The molecule has 6 fully saturated rings. The first kappa shape index (κ1) is 45.9. The fourth-order valence-corrected chi connectivity index (χ4v) is 14.1. The fourth-order valence-electron chi connectivity index (χ4n) is 14.1. The molecule has 8 rings (SSSR count). The lowest BCUT2D eigenvalue weighted by atomic mass is 9.46. The third-order valence-electron chi connectivity index (χ3n) is 17.1. The Kier molecular flexibility index (Phi) is 12.4. The van der Waals surface area contributed by atoms with Crippen LogP contribution >= 0.6 is 0 Å². The van der Waals surface area contributed by atoms with Gasteiger partial charge in [0.25, 0.3) is 0 Å². The van der Waals surface area contributed by atoms with Gasteiger partial charge in [0.15, 0.2) is 23.1 Å². The summed E-state index contributed by atoms with van der Waals surface area (Å²) in [6.45, 7) is 6.68. The van der Waals surface area contributed by atoms with E-state index < -0.39 is 71.0 Å². The first-order valence-electron chi connectivity index (χ1n) is 21.4. The summed E-state index contributed by atoms with van der Waals surface area (Å²) in [6.07, 6.45) is 14.8. The van der Waals surface area contributed by atoms with Crippen molar-refractivity contribution in [3.8, 4) is 0 Å². The van der Waals surface area contributed by atoms with E-state index in [9.17, 15) is 59.4 Å². The van der Waals surface area contributed by atoms with Gasteiger partial charge in [-0.2, -0.15) is 0 Å². The summed E-state index contributed by atoms with van der Waals surface area (Å²) in [4.78, 5) is 67.6. The van der Waals surface area contributed by atoms with Gasteiger partial charge in [-0.05, 0) is 112 Å². The maximum atomic E-state index is 12.4. The molecule has 0 aromatic rings. The zero-order valence-corrected chi connectivity index (χ0v) is 35.0. The molecule has 14 atom stereocenters. The van der Waals surface area contributed by atoms with Crippen LogP contribution in [-0.2, 0) is 28.8 Å². The zero-order chi connectivity index (χ0) is 44.4. The van der Waals surface area contributed by atoms with Crippen LogP contribution in [0.2, 0.25) is 0 Å². The van der Waals surface area contributed by atoms with E-state index in [2.05, 4.69) is 13.8 Å². The van der Waals surface area contributed by atoms with E-state index in [1.807, 2.05) is 26.0 Å². The molecule has 0 radical (unpaired) electrons. The lowest BCUT2D eigenvalue weighted by Gasteiger charge is -2.59. The van der Waals surface area contributed by atoms with Crippen molar-refractivity contribution >= 4 is 35.1 Å². The Bertz CT molecular complexity index is 1790. The second-order valence-electron chi connectivity index (χ2n) is 19.7. The molecule has 0 aromatic carbocycles. The van der Waals surface area contributed by atoms with E-state index in [4.69, 9.17) is 10.2 Å². The van der Waals surface area contributed by atoms with Crippen molar-refractivity contribution < 1.29 is 69.6 Å². The Hall–Kier alpha value is -3.66. The van der Waals surface area contributed by atoms with E-state index in [0.717, 1.165) is 49.7 Å². The van der Waals surface area contributed by atoms with Gasteiger partial charge in [-0.1, -0.05) is 51.0 Å². The number of carbonyl (C=O) groups is 6. The van der Waals surface area contributed by atoms with Crippen molar-refractivity contribution in [2.24, 2.45) is 57.2 Å². The predicted molar refractivity (Wildman–Crippen MR) is 215 cm³/mol. The van der Waals surface area contributed by atoms with Crippen molar-refractivity contribution in [1.29, 1.82) is 0 Å². The minimum atomic E-state index is -1.56. The van der Waals surface area contributed by atoms with Crippen LogP contribution in [0.15, 0.2) is 47.6 Å². The molecule has 14 heteroatoms. The highest BCUT2D eigenvalue weighted by atomic mass is 16.4. The van der Waals surface area contributed by atoms with Gasteiger partial charge in [-0.15, -0.1) is 0 Å². The van der Waals surface area contributed by atoms with E-state index in [1.165, 1.54) is 0 Å². The molecule has 0 aliphatic heterocycles. The van der Waals surface area contributed by atoms with Gasteiger partial charge in [0, 0.05) is 33.5 Å². The number of carboxylic acid groups (broad SMARTS) is 2. The van der Waals surface area contributed by atoms with Crippen LogP contribution in [-0.4, -0.2) is 113 Å². The van der Waals surface area contributed by atoms with Gasteiger partial charge < -0.3 is 40.9 Å². The lowest BCUT2D eigenvalue weighted by molar-refractivity contribution is -0.178. The predicted octanol–water partition coefficient (Wildman–Crippen LogP) is 3.05. The average Bonchev–Trinajstić information content (AvgIpc) is 3.62. The standard InChI is InChI=1S/2C21H28O5.C4H6O4/c2*1-19-7-5-13(23)9-12(19)3-4-14-15-6-8-21(26,17(25)11-22)20(15,2)10-16(24)18(14)19;5-3(6)1-2-4(7)8/h2*5,7,9,14-16,18,22,24,26H,3-4,6,8,10-11H2,1-2H3;1-2H2,(H,5,6)(H,7,8)/t2*14-,15-,16-,18+,19-,20-,21-;/m00./s1. The van der Waals surface area contributed by atoms with Crippen molar-refractivity contribution in [3.63, 3.8) is 0 Å². The number of ketones is 4. The van der Waals surface area contributed by atoms with Crippen molar-refractivity contribution in [3.05, 3.63) is 47.6 Å². The summed E-state index contributed by atoms with van der Waals surface area (Å²) in [5.41, 5.74) is -3.08. The van der Waals surface area contributed by atoms with Crippen LogP contribution in [0.25, 0.3) is 0 Å². The molecule has 0 saturated heterocycles. The molecule has 0 amide bonds. The van der Waals surface area contributed by atoms with Gasteiger partial charge in [0.2, 0.25) is 0 Å². The number of allylic oxidation sites excluding steroid dienone is 8. The third kappa shape index (κ3) is 7.12. The highest BCUT2D eigenvalue weighted by Crippen LogP contribution is 2.68. The number of fused-ring (bicyclic) bond motifs is 10. The van der Waals surface area contributed by atoms with E-state index in [1.54, 1.807) is 24.3 Å². The molecule has 8 aliphatic carbocycles. The summed E-state index contributed by atoms with van der Waals surface area (Å²) in [5, 5.41) is 79.1. The van der Waals surface area contributed by atoms with Gasteiger partial charge in [-0.25, -0.2) is 0 Å². The monoisotopic (exact) mass is 838 g/mol. The first-order chi connectivity index (χ1) is 28.0. The summed E-state index contributed by atoms with van der Waals surface area (Å²) in [7, 11) is 0. The topological polar surface area (TPSA) is 264 Å². The number of rotatable bonds is 7. The number of Topliss-reactive ketones (excluding diaryl/α,β-unsaturated/α-hetero) is 2. The molecule has 6 saturated carbocycles. The molecule has 0 heterocycles. The maximum absolute atomic E-state index is 12.4. The van der Waals surface area contributed by atoms with Crippen LogP contribution in [0.5, 0.6) is 0 Å². The van der Waals surface area contributed by atoms with Crippen molar-refractivity contribution in [2.75, 3.05) is 13.2 Å². The third-order valence-corrected chi connectivity index (χ3v) is 17.1. The normalized spacial score (nSPS) is 44.4. The molecule has 8 N–H and O–H groups in total. The first-order valence-corrected chi connectivity index (χ1v) is 21.4. The number of carbonyl (C=O) groups excluding carboxylic acids is 4. The molecule has 0 bridgehead atoms. The largest absolute Gasteiger partial charge is 0.481 e. The Balaban J connectivity index is 0.000000171. The number of carboxylic acids is 2. The Morgan fingerprint density at radius 3 is 1.28 bits per heavy atom. The average molecular weight is 839 g/mol. The zero-order valence-electron chi connectivity index (χ0n) is 35.0. The maximum Gasteiger partial charge on any atom is 0.303 e. The van der Waals surface area contributed by atoms with E-state index >= 15 is 0 Å². The number of aliphatic carboxylic acids is 2. The van der Waals surface area contributed by atoms with Crippen LogP contribution in [0.4, 0.5) is 0 Å². The van der Waals surface area contributed by atoms with Crippen LogP contribution in [0.3, 0.4) is 0 Å². The quantitative estimate of drug-likeness (QED) is 0.183. The highest BCUT2D eigenvalue weighted by Gasteiger charge is 2.69. The van der Waals surface area contributed by atoms with Gasteiger partial charge in [0.05, 0.1) is 25.0 Å². The van der Waals surface area contributed by atoms with E-state index in [-0.39, 0.29) is 70.7 Å². The van der Waals surface area contributed by atoms with Gasteiger partial charge in [-0.3, -0.25) is 28.8 Å². The Labute approximate surface area is 350 Å². The minimum absolute atomic E-state index is 0.00912. The number of hydrogen-bond donors (Lipinski definition) is 8. The van der Waals surface area contributed by atoms with Crippen molar-refractivity contribution in [2.45, 2.75) is 128 Å². The lowest BCUT2D eigenvalue weighted by Crippen LogP contribution is -2.61. The Morgan fingerprint density at radius 2 is 0.967 bits per heavy atom. The molecule has 14 nitrogen and oxygen atoms in total. The van der Waals surface area contributed by atoms with Crippen LogP contribution < -0.4 is 0 Å². The molecule has 0 spiro atoms. The number of hydrogen-bond acceptors (Lipinski definition) is 12. The number of aliphatic hydroxyl groups excluding tert-OH is 4. The molecular formula is C46H62O14. The van der Waals surface area contributed by atoms with Gasteiger partial charge >= 0.3 is 11.9 Å². The summed E-state index contributed by atoms with van der Waals surface area (Å²) >= 11 is 0. The second kappa shape index (κ2) is 16.2. The molecule has 60 heavy (non-hydrogen) atoms. The van der Waals surface area contributed by atoms with Crippen molar-refractivity contribution in [1.82, 2.24) is 0 Å². The molecule has 8 aliphatic rings. The van der Waals surface area contributed by atoms with E-state index in [0.29, 0.717) is 25.7 Å². The second-order valence-corrected chi connectivity index (χ2v) is 19.7. The van der Waals surface area contributed by atoms with Crippen LogP contribution in [0, 0.1) is 57.2 Å². The highest BCUT2D eigenvalue weighted by molar-refractivity contribution is 6.01. The fraction of sp³-hybridized carbons (Fsp3) is 0.696. The minimum Gasteiger partial charge on any atom is -0.481 e. The summed E-state index contributed by atoms with van der Waals surface area (Å²) < 4.78 is 0. The molecule has 0 unspecified atom stereocenters. The smallest absolute Gasteiger partial charge is 0.303 e. The molecule has 0 aromatic heterocycles. The summed E-state index contributed by atoms with van der Waals surface area (Å²) in [6, 6.07) is 0.